The second-order valence-electron chi connectivity index (χ2n) is 9.60. The van der Waals surface area contributed by atoms with Crippen molar-refractivity contribution in [3.05, 3.63) is 101 Å². The molecule has 2 aliphatic rings. The number of aliphatic hydroxyl groups is 1. The number of aliphatic hydroxyl groups excluding tert-OH is 1. The number of ether oxygens (including phenoxy) is 1. The molecule has 1 saturated heterocycles. The van der Waals surface area contributed by atoms with Gasteiger partial charge in [-0.3, -0.25) is 9.69 Å². The minimum absolute atomic E-state index is 0.231. The summed E-state index contributed by atoms with van der Waals surface area (Å²) in [4.78, 5) is 15.6. The maximum absolute atomic E-state index is 13.2. The number of carbonyl (C=O) groups is 1. The van der Waals surface area contributed by atoms with Gasteiger partial charge in [-0.2, -0.15) is 0 Å². The smallest absolute Gasteiger partial charge is 0.255 e. The fourth-order valence-electron chi connectivity index (χ4n) is 5.82. The molecule has 3 aromatic carbocycles. The number of nitrogens with zero attached hydrogens (tertiary/aromatic N) is 1. The first-order valence-corrected chi connectivity index (χ1v) is 12.0. The van der Waals surface area contributed by atoms with E-state index in [9.17, 15) is 9.90 Å². The van der Waals surface area contributed by atoms with E-state index in [4.69, 9.17) is 4.74 Å². The zero-order chi connectivity index (χ0) is 23.7. The molecule has 5 nitrogen and oxygen atoms in total. The van der Waals surface area contributed by atoms with Gasteiger partial charge >= 0.3 is 0 Å². The van der Waals surface area contributed by atoms with Crippen molar-refractivity contribution in [1.29, 1.82) is 0 Å². The topological polar surface area (TPSA) is 61.8 Å². The van der Waals surface area contributed by atoms with Crippen molar-refractivity contribution in [2.45, 2.75) is 43.9 Å². The molecule has 1 amide bonds. The monoisotopic (exact) mass is 456 g/mol. The number of hydrogen-bond donors (Lipinski definition) is 2. The molecule has 0 radical (unpaired) electrons. The quantitative estimate of drug-likeness (QED) is 0.598. The third-order valence-electron chi connectivity index (χ3n) is 7.59. The molecule has 1 spiro atoms. The SMILES string of the molecule is COc1ccccc1C(=O)N[C@@H]1c2ccccc2C2(CCN(Cc3cccc(C)c3)CC2)[C@H]1O. The predicted octanol–water partition coefficient (Wildman–Crippen LogP) is 4.38. The molecule has 3 aromatic rings. The Morgan fingerprint density at radius 1 is 1.06 bits per heavy atom. The molecule has 5 rings (SSSR count). The molecule has 2 atom stereocenters. The number of fused-ring (bicyclic) bond motifs is 2. The van der Waals surface area contributed by atoms with E-state index in [0.717, 1.165) is 38.0 Å². The minimum atomic E-state index is -0.676. The molecule has 2 N–H and O–H groups in total. The van der Waals surface area contributed by atoms with Crippen molar-refractivity contribution in [3.63, 3.8) is 0 Å². The Morgan fingerprint density at radius 3 is 2.56 bits per heavy atom. The van der Waals surface area contributed by atoms with Crippen LogP contribution in [0.25, 0.3) is 0 Å². The lowest BCUT2D eigenvalue weighted by molar-refractivity contribution is 0.0192. The van der Waals surface area contributed by atoms with Gasteiger partial charge in [-0.15, -0.1) is 0 Å². The van der Waals surface area contributed by atoms with Gasteiger partial charge in [-0.25, -0.2) is 0 Å². The van der Waals surface area contributed by atoms with Gasteiger partial charge in [-0.05, 0) is 61.7 Å². The highest BCUT2D eigenvalue weighted by Gasteiger charge is 2.53. The summed E-state index contributed by atoms with van der Waals surface area (Å²) in [7, 11) is 1.56. The number of aryl methyl sites for hydroxylation is 1. The standard InChI is InChI=1S/C29H32N2O3/c1-20-8-7-9-21(18-20)19-31-16-14-29(15-17-31)24-12-5-3-10-22(24)26(27(29)32)30-28(33)23-11-4-6-13-25(23)34-2/h3-13,18,26-27,32H,14-17,19H2,1-2H3,(H,30,33)/t26-,27+/m1/s1. The Bertz CT molecular complexity index is 1180. The maximum atomic E-state index is 13.2. The van der Waals surface area contributed by atoms with Gasteiger partial charge in [0.15, 0.2) is 0 Å². The van der Waals surface area contributed by atoms with E-state index in [1.54, 1.807) is 19.2 Å². The Morgan fingerprint density at radius 2 is 1.79 bits per heavy atom. The van der Waals surface area contributed by atoms with Crippen molar-refractivity contribution in [1.82, 2.24) is 10.2 Å². The largest absolute Gasteiger partial charge is 0.496 e. The summed E-state index contributed by atoms with van der Waals surface area (Å²) in [6, 6.07) is 23.6. The molecule has 1 aliphatic carbocycles. The van der Waals surface area contributed by atoms with Crippen LogP contribution in [0.5, 0.6) is 5.75 Å². The van der Waals surface area contributed by atoms with Crippen LogP contribution in [-0.2, 0) is 12.0 Å². The van der Waals surface area contributed by atoms with Crippen molar-refractivity contribution < 1.29 is 14.6 Å². The van der Waals surface area contributed by atoms with E-state index < -0.39 is 12.1 Å². The summed E-state index contributed by atoms with van der Waals surface area (Å²) in [6.45, 7) is 4.86. The predicted molar refractivity (Wildman–Crippen MR) is 133 cm³/mol. The lowest BCUT2D eigenvalue weighted by atomic mass is 9.72. The molecule has 0 saturated carbocycles. The molecule has 34 heavy (non-hydrogen) atoms. The zero-order valence-electron chi connectivity index (χ0n) is 19.8. The van der Waals surface area contributed by atoms with Gasteiger partial charge in [0.2, 0.25) is 0 Å². The first-order valence-electron chi connectivity index (χ1n) is 12.0. The number of nitrogens with one attached hydrogen (secondary N) is 1. The van der Waals surface area contributed by atoms with Crippen LogP contribution >= 0.6 is 0 Å². The second kappa shape index (κ2) is 9.24. The number of hydrogen-bond acceptors (Lipinski definition) is 4. The summed E-state index contributed by atoms with van der Waals surface area (Å²) >= 11 is 0. The molecule has 1 aliphatic heterocycles. The van der Waals surface area contributed by atoms with E-state index >= 15 is 0 Å². The number of carbonyl (C=O) groups excluding carboxylic acids is 1. The normalized spacial score (nSPS) is 21.3. The van der Waals surface area contributed by atoms with Crippen molar-refractivity contribution in [3.8, 4) is 5.75 Å². The molecular formula is C29H32N2O3. The number of rotatable bonds is 5. The van der Waals surface area contributed by atoms with Gasteiger partial charge in [-0.1, -0.05) is 66.2 Å². The van der Waals surface area contributed by atoms with Gasteiger partial charge in [0.1, 0.15) is 5.75 Å². The van der Waals surface area contributed by atoms with Gasteiger partial charge < -0.3 is 15.2 Å². The van der Waals surface area contributed by atoms with Crippen molar-refractivity contribution in [2.24, 2.45) is 0 Å². The first kappa shape index (κ1) is 22.6. The number of benzene rings is 3. The van der Waals surface area contributed by atoms with Crippen LogP contribution < -0.4 is 10.1 Å². The number of amides is 1. The number of para-hydroxylation sites is 1. The van der Waals surface area contributed by atoms with Crippen molar-refractivity contribution >= 4 is 5.91 Å². The lowest BCUT2D eigenvalue weighted by Crippen LogP contribution is -2.49. The van der Waals surface area contributed by atoms with Crippen LogP contribution in [0.3, 0.4) is 0 Å². The first-order chi connectivity index (χ1) is 16.5. The van der Waals surface area contributed by atoms with Crippen LogP contribution in [-0.4, -0.2) is 42.2 Å². The number of likely N-dealkylation sites (tertiary alicyclic amines) is 1. The highest BCUT2D eigenvalue weighted by atomic mass is 16.5. The van der Waals surface area contributed by atoms with Crippen LogP contribution in [0.15, 0.2) is 72.8 Å². The van der Waals surface area contributed by atoms with Crippen LogP contribution in [0, 0.1) is 6.92 Å². The van der Waals surface area contributed by atoms with Gasteiger partial charge in [0.05, 0.1) is 24.8 Å². The van der Waals surface area contributed by atoms with E-state index in [-0.39, 0.29) is 11.3 Å². The third-order valence-corrected chi connectivity index (χ3v) is 7.59. The summed E-state index contributed by atoms with van der Waals surface area (Å²) < 4.78 is 5.38. The molecule has 176 valence electrons. The molecule has 0 bridgehead atoms. The van der Waals surface area contributed by atoms with Crippen LogP contribution in [0.2, 0.25) is 0 Å². The summed E-state index contributed by atoms with van der Waals surface area (Å²) in [5.74, 6) is 0.296. The summed E-state index contributed by atoms with van der Waals surface area (Å²) in [6.07, 6.45) is 1.04. The number of methoxy groups -OCH3 is 1. The average molecular weight is 457 g/mol. The highest BCUT2D eigenvalue weighted by Crippen LogP contribution is 2.51. The molecular weight excluding hydrogens is 424 g/mol. The molecule has 1 fully saturated rings. The Kier molecular flexibility index (Phi) is 6.15. The zero-order valence-corrected chi connectivity index (χ0v) is 19.8. The molecule has 0 aromatic heterocycles. The van der Waals surface area contributed by atoms with Crippen LogP contribution in [0.1, 0.15) is 51.5 Å². The fourth-order valence-corrected chi connectivity index (χ4v) is 5.82. The Balaban J connectivity index is 1.36. The molecule has 5 heteroatoms. The van der Waals surface area contributed by atoms with E-state index in [2.05, 4.69) is 47.5 Å². The average Bonchev–Trinajstić information content (AvgIpc) is 3.08. The summed E-state index contributed by atoms with van der Waals surface area (Å²) in [5.41, 5.74) is 4.92. The Labute approximate surface area is 201 Å². The van der Waals surface area contributed by atoms with Gasteiger partial charge in [0.25, 0.3) is 5.91 Å². The van der Waals surface area contributed by atoms with Crippen molar-refractivity contribution in [2.75, 3.05) is 20.2 Å². The van der Waals surface area contributed by atoms with E-state index in [1.165, 1.54) is 16.7 Å². The molecule has 0 unspecified atom stereocenters. The molecule has 1 heterocycles. The number of piperidine rings is 1. The minimum Gasteiger partial charge on any atom is -0.496 e. The fraction of sp³-hybridized carbons (Fsp3) is 0.345. The second-order valence-corrected chi connectivity index (χ2v) is 9.60. The van der Waals surface area contributed by atoms with E-state index in [0.29, 0.717) is 11.3 Å². The summed E-state index contributed by atoms with van der Waals surface area (Å²) in [5, 5.41) is 14.8. The van der Waals surface area contributed by atoms with Gasteiger partial charge in [0, 0.05) is 12.0 Å². The third kappa shape index (κ3) is 3.99. The van der Waals surface area contributed by atoms with E-state index in [1.807, 2.05) is 30.3 Å². The maximum Gasteiger partial charge on any atom is 0.255 e. The Hall–Kier alpha value is -3.15. The van der Waals surface area contributed by atoms with Crippen LogP contribution in [0.4, 0.5) is 0 Å². The highest BCUT2D eigenvalue weighted by molar-refractivity contribution is 5.97. The lowest BCUT2D eigenvalue weighted by Gasteiger charge is -2.43.